The standard InChI is InChI=1S/C17H11BrO5S/c1-3-14(19)23-17-15(20)10-5-4-9(21-2)8-11(10)22-16(17)12-6-7-13(18)24-12/h3-8H,1H2,2H3. The number of ether oxygens (including phenoxy) is 2. The highest BCUT2D eigenvalue weighted by Gasteiger charge is 2.21. The van der Waals surface area contributed by atoms with Gasteiger partial charge in [0.15, 0.2) is 5.76 Å². The van der Waals surface area contributed by atoms with Crippen LogP contribution in [-0.2, 0) is 4.79 Å². The number of carbonyl (C=O) groups excluding carboxylic acids is 1. The van der Waals surface area contributed by atoms with Crippen molar-refractivity contribution >= 4 is 44.2 Å². The second kappa shape index (κ2) is 6.62. The molecule has 0 saturated carbocycles. The number of benzene rings is 1. The molecule has 1 aromatic carbocycles. The van der Waals surface area contributed by atoms with E-state index in [2.05, 4.69) is 22.5 Å². The maximum absolute atomic E-state index is 12.8. The third-order valence-electron chi connectivity index (χ3n) is 3.22. The van der Waals surface area contributed by atoms with Gasteiger partial charge in [0, 0.05) is 12.1 Å². The van der Waals surface area contributed by atoms with Crippen LogP contribution in [0.4, 0.5) is 0 Å². The minimum Gasteiger partial charge on any atom is -0.497 e. The molecule has 0 spiro atoms. The third-order valence-corrected chi connectivity index (χ3v) is 4.85. The summed E-state index contributed by atoms with van der Waals surface area (Å²) in [6.07, 6.45) is 0.992. The van der Waals surface area contributed by atoms with Crippen LogP contribution < -0.4 is 14.9 Å². The van der Waals surface area contributed by atoms with Crippen LogP contribution in [0.2, 0.25) is 0 Å². The van der Waals surface area contributed by atoms with E-state index in [-0.39, 0.29) is 11.5 Å². The largest absolute Gasteiger partial charge is 0.497 e. The van der Waals surface area contributed by atoms with Crippen molar-refractivity contribution in [3.05, 3.63) is 57.0 Å². The third kappa shape index (κ3) is 3.00. The van der Waals surface area contributed by atoms with Gasteiger partial charge in [-0.15, -0.1) is 11.3 Å². The minimum atomic E-state index is -0.730. The molecule has 0 atom stereocenters. The summed E-state index contributed by atoms with van der Waals surface area (Å²) < 4.78 is 17.0. The first-order chi connectivity index (χ1) is 11.5. The quantitative estimate of drug-likeness (QED) is 0.474. The Morgan fingerprint density at radius 1 is 1.33 bits per heavy atom. The normalized spacial score (nSPS) is 10.6. The zero-order valence-corrected chi connectivity index (χ0v) is 14.9. The van der Waals surface area contributed by atoms with Crippen LogP contribution in [0.15, 0.2) is 56.0 Å². The Bertz CT molecular complexity index is 1000. The smallest absolute Gasteiger partial charge is 0.335 e. The second-order valence-corrected chi connectivity index (χ2v) is 7.14. The average Bonchev–Trinajstić information content (AvgIpc) is 3.02. The van der Waals surface area contributed by atoms with Crippen LogP contribution in [0.5, 0.6) is 11.5 Å². The Morgan fingerprint density at radius 3 is 2.75 bits per heavy atom. The van der Waals surface area contributed by atoms with Gasteiger partial charge in [-0.1, -0.05) is 6.58 Å². The summed E-state index contributed by atoms with van der Waals surface area (Å²) >= 11 is 4.72. The first-order valence-corrected chi connectivity index (χ1v) is 8.39. The van der Waals surface area contributed by atoms with Gasteiger partial charge in [-0.25, -0.2) is 4.79 Å². The summed E-state index contributed by atoms with van der Waals surface area (Å²) in [4.78, 5) is 25.0. The van der Waals surface area contributed by atoms with Gasteiger partial charge >= 0.3 is 5.97 Å². The molecule has 24 heavy (non-hydrogen) atoms. The Balaban J connectivity index is 2.32. The van der Waals surface area contributed by atoms with Crippen LogP contribution in [0.3, 0.4) is 0 Å². The summed E-state index contributed by atoms with van der Waals surface area (Å²) in [5, 5.41) is 0.294. The van der Waals surface area contributed by atoms with Gasteiger partial charge in [-0.05, 0) is 40.2 Å². The fourth-order valence-electron chi connectivity index (χ4n) is 2.12. The number of rotatable bonds is 4. The van der Waals surface area contributed by atoms with Crippen molar-refractivity contribution in [2.75, 3.05) is 7.11 Å². The molecule has 2 heterocycles. The highest BCUT2D eigenvalue weighted by molar-refractivity contribution is 9.11. The average molecular weight is 407 g/mol. The van der Waals surface area contributed by atoms with Crippen molar-refractivity contribution in [1.82, 2.24) is 0 Å². The van der Waals surface area contributed by atoms with E-state index in [1.807, 2.05) is 6.07 Å². The highest BCUT2D eigenvalue weighted by atomic mass is 79.9. The Labute approximate surface area is 149 Å². The summed E-state index contributed by atoms with van der Waals surface area (Å²) in [5.74, 6) is -0.148. The summed E-state index contributed by atoms with van der Waals surface area (Å²) in [6.45, 7) is 3.35. The number of hydrogen-bond acceptors (Lipinski definition) is 6. The van der Waals surface area contributed by atoms with E-state index in [0.29, 0.717) is 21.6 Å². The van der Waals surface area contributed by atoms with Crippen LogP contribution in [0.25, 0.3) is 21.6 Å². The van der Waals surface area contributed by atoms with E-state index in [0.717, 1.165) is 9.86 Å². The molecule has 0 aliphatic carbocycles. The number of fused-ring (bicyclic) bond motifs is 1. The van der Waals surface area contributed by atoms with Gasteiger partial charge < -0.3 is 13.9 Å². The molecular weight excluding hydrogens is 396 g/mol. The zero-order valence-electron chi connectivity index (χ0n) is 12.5. The van der Waals surface area contributed by atoms with E-state index in [1.54, 1.807) is 24.3 Å². The van der Waals surface area contributed by atoms with Gasteiger partial charge in [-0.3, -0.25) is 4.79 Å². The van der Waals surface area contributed by atoms with Crippen molar-refractivity contribution in [1.29, 1.82) is 0 Å². The maximum Gasteiger partial charge on any atom is 0.335 e. The number of esters is 1. The maximum atomic E-state index is 12.8. The minimum absolute atomic E-state index is 0.160. The summed E-state index contributed by atoms with van der Waals surface area (Å²) in [5.41, 5.74) is -0.0918. The molecule has 0 aliphatic rings. The van der Waals surface area contributed by atoms with Crippen molar-refractivity contribution in [3.63, 3.8) is 0 Å². The Morgan fingerprint density at radius 2 is 2.12 bits per heavy atom. The molecule has 0 amide bonds. The van der Waals surface area contributed by atoms with Crippen molar-refractivity contribution in [3.8, 4) is 22.1 Å². The molecule has 0 bridgehead atoms. The van der Waals surface area contributed by atoms with Crippen molar-refractivity contribution < 1.29 is 18.7 Å². The number of carbonyl (C=O) groups is 1. The second-order valence-electron chi connectivity index (χ2n) is 4.68. The highest BCUT2D eigenvalue weighted by Crippen LogP contribution is 2.37. The van der Waals surface area contributed by atoms with E-state index in [4.69, 9.17) is 13.9 Å². The fourth-order valence-corrected chi connectivity index (χ4v) is 3.48. The molecule has 0 radical (unpaired) electrons. The fraction of sp³-hybridized carbons (Fsp3) is 0.0588. The van der Waals surface area contributed by atoms with E-state index in [1.165, 1.54) is 18.4 Å². The monoisotopic (exact) mass is 406 g/mol. The lowest BCUT2D eigenvalue weighted by atomic mass is 10.2. The zero-order chi connectivity index (χ0) is 17.3. The summed E-state index contributed by atoms with van der Waals surface area (Å²) in [7, 11) is 1.52. The predicted octanol–water partition coefficient (Wildman–Crippen LogP) is 4.38. The number of halogens is 1. The molecule has 0 fully saturated rings. The summed E-state index contributed by atoms with van der Waals surface area (Å²) in [6, 6.07) is 8.40. The van der Waals surface area contributed by atoms with Crippen LogP contribution in [0, 0.1) is 0 Å². The number of methoxy groups -OCH3 is 1. The Hall–Kier alpha value is -2.38. The van der Waals surface area contributed by atoms with Gasteiger partial charge in [0.2, 0.25) is 11.2 Å². The molecule has 3 rings (SSSR count). The van der Waals surface area contributed by atoms with E-state index >= 15 is 0 Å². The molecule has 122 valence electrons. The lowest BCUT2D eigenvalue weighted by Gasteiger charge is -2.09. The lowest BCUT2D eigenvalue weighted by molar-refractivity contribution is -0.129. The van der Waals surface area contributed by atoms with Gasteiger partial charge in [0.1, 0.15) is 11.3 Å². The number of thiophene rings is 1. The van der Waals surface area contributed by atoms with E-state index in [9.17, 15) is 9.59 Å². The topological polar surface area (TPSA) is 65.7 Å². The first-order valence-electron chi connectivity index (χ1n) is 6.78. The molecule has 7 heteroatoms. The first kappa shape index (κ1) is 16.5. The van der Waals surface area contributed by atoms with Crippen LogP contribution in [0.1, 0.15) is 0 Å². The molecule has 2 aromatic heterocycles. The predicted molar refractivity (Wildman–Crippen MR) is 95.9 cm³/mol. The SMILES string of the molecule is C=CC(=O)Oc1c(-c2ccc(Br)s2)oc2cc(OC)ccc2c1=O. The molecule has 0 saturated heterocycles. The number of hydrogen-bond donors (Lipinski definition) is 0. The lowest BCUT2D eigenvalue weighted by Crippen LogP contribution is -2.14. The molecule has 5 nitrogen and oxygen atoms in total. The van der Waals surface area contributed by atoms with Crippen LogP contribution in [-0.4, -0.2) is 13.1 Å². The molecule has 0 aliphatic heterocycles. The Kier molecular flexibility index (Phi) is 4.55. The van der Waals surface area contributed by atoms with Crippen LogP contribution >= 0.6 is 27.3 Å². The van der Waals surface area contributed by atoms with Gasteiger partial charge in [0.25, 0.3) is 0 Å². The molecular formula is C17H11BrO5S. The van der Waals surface area contributed by atoms with Gasteiger partial charge in [0.05, 0.1) is 21.2 Å². The van der Waals surface area contributed by atoms with Crippen molar-refractivity contribution in [2.45, 2.75) is 0 Å². The van der Waals surface area contributed by atoms with Crippen molar-refractivity contribution in [2.24, 2.45) is 0 Å². The molecule has 0 N–H and O–H groups in total. The molecule has 0 unspecified atom stereocenters. The van der Waals surface area contributed by atoms with Gasteiger partial charge in [-0.2, -0.15) is 0 Å². The van der Waals surface area contributed by atoms with E-state index < -0.39 is 11.4 Å². The molecule has 3 aromatic rings.